The predicted octanol–water partition coefficient (Wildman–Crippen LogP) is 1.24. The van der Waals surface area contributed by atoms with E-state index in [0.29, 0.717) is 13.1 Å². The van der Waals surface area contributed by atoms with Crippen molar-refractivity contribution in [2.45, 2.75) is 32.1 Å². The Labute approximate surface area is 94.2 Å². The van der Waals surface area contributed by atoms with Crippen molar-refractivity contribution in [3.8, 4) is 0 Å². The van der Waals surface area contributed by atoms with Gasteiger partial charge < -0.3 is 10.2 Å². The molecule has 16 heavy (non-hydrogen) atoms. The number of alkyl halides is 2. The third kappa shape index (κ3) is 1.93. The van der Waals surface area contributed by atoms with Crippen LogP contribution in [0.2, 0.25) is 0 Å². The number of likely N-dealkylation sites (tertiary alicyclic amines) is 1. The summed E-state index contributed by atoms with van der Waals surface area (Å²) in [6, 6.07) is 0. The lowest BCUT2D eigenvalue weighted by atomic mass is 9.73. The lowest BCUT2D eigenvalue weighted by molar-refractivity contribution is -0.160. The van der Waals surface area contributed by atoms with Gasteiger partial charge in [-0.05, 0) is 18.3 Å². The number of carbonyl (C=O) groups is 1. The standard InChI is InChI=1S/C11H18F2N2O/c1-2-11(12,13)9(16)15-5-3-10(4-6-15)7-14-8-10/h14H,2-8H2,1H3. The average molecular weight is 232 g/mol. The van der Waals surface area contributed by atoms with Crippen molar-refractivity contribution >= 4 is 5.91 Å². The van der Waals surface area contributed by atoms with Crippen molar-refractivity contribution in [3.05, 3.63) is 0 Å². The van der Waals surface area contributed by atoms with E-state index in [9.17, 15) is 13.6 Å². The molecule has 0 aliphatic carbocycles. The molecule has 2 saturated heterocycles. The molecule has 0 unspecified atom stereocenters. The molecular weight excluding hydrogens is 214 g/mol. The summed E-state index contributed by atoms with van der Waals surface area (Å²) in [4.78, 5) is 12.9. The summed E-state index contributed by atoms with van der Waals surface area (Å²) >= 11 is 0. The van der Waals surface area contributed by atoms with Crippen molar-refractivity contribution in [1.82, 2.24) is 10.2 Å². The van der Waals surface area contributed by atoms with Crippen LogP contribution in [0, 0.1) is 5.41 Å². The van der Waals surface area contributed by atoms with Gasteiger partial charge in [0.05, 0.1) is 0 Å². The number of hydrogen-bond donors (Lipinski definition) is 1. The molecule has 0 radical (unpaired) electrons. The minimum Gasteiger partial charge on any atom is -0.337 e. The number of nitrogens with zero attached hydrogens (tertiary/aromatic N) is 1. The van der Waals surface area contributed by atoms with E-state index in [1.165, 1.54) is 11.8 Å². The molecule has 0 aromatic rings. The SMILES string of the molecule is CCC(F)(F)C(=O)N1CCC2(CC1)CNC2. The Morgan fingerprint density at radius 1 is 1.38 bits per heavy atom. The Morgan fingerprint density at radius 2 is 1.94 bits per heavy atom. The molecule has 2 fully saturated rings. The molecule has 1 N–H and O–H groups in total. The van der Waals surface area contributed by atoms with Gasteiger partial charge in [-0.2, -0.15) is 8.78 Å². The van der Waals surface area contributed by atoms with Gasteiger partial charge >= 0.3 is 5.92 Å². The Kier molecular flexibility index (Phi) is 2.90. The second-order valence-corrected chi connectivity index (χ2v) is 4.95. The number of piperidine rings is 1. The van der Waals surface area contributed by atoms with E-state index in [0.717, 1.165) is 25.9 Å². The molecule has 1 amide bonds. The molecule has 0 bridgehead atoms. The van der Waals surface area contributed by atoms with Crippen LogP contribution >= 0.6 is 0 Å². The first-order valence-electron chi connectivity index (χ1n) is 5.87. The number of hydrogen-bond acceptors (Lipinski definition) is 2. The van der Waals surface area contributed by atoms with Crippen molar-refractivity contribution < 1.29 is 13.6 Å². The Balaban J connectivity index is 1.91. The van der Waals surface area contributed by atoms with E-state index >= 15 is 0 Å². The van der Waals surface area contributed by atoms with E-state index in [-0.39, 0.29) is 5.41 Å². The smallest absolute Gasteiger partial charge is 0.324 e. The summed E-state index contributed by atoms with van der Waals surface area (Å²) in [7, 11) is 0. The molecule has 2 rings (SSSR count). The van der Waals surface area contributed by atoms with Gasteiger partial charge in [-0.3, -0.25) is 4.79 Å². The number of carbonyl (C=O) groups excluding carboxylic acids is 1. The van der Waals surface area contributed by atoms with Gasteiger partial charge in [0.2, 0.25) is 0 Å². The van der Waals surface area contributed by atoms with Crippen molar-refractivity contribution in [3.63, 3.8) is 0 Å². The van der Waals surface area contributed by atoms with Crippen LogP contribution < -0.4 is 5.32 Å². The van der Waals surface area contributed by atoms with Gasteiger partial charge in [0.1, 0.15) is 0 Å². The molecule has 0 aromatic carbocycles. The molecule has 1 spiro atoms. The van der Waals surface area contributed by atoms with Gasteiger partial charge in [-0.15, -0.1) is 0 Å². The summed E-state index contributed by atoms with van der Waals surface area (Å²) in [6.45, 7) is 4.25. The highest BCUT2D eigenvalue weighted by atomic mass is 19.3. The number of halogens is 2. The number of nitrogens with one attached hydrogen (secondary N) is 1. The maximum absolute atomic E-state index is 13.2. The first-order valence-corrected chi connectivity index (χ1v) is 5.87. The molecule has 3 nitrogen and oxygen atoms in total. The molecule has 2 aliphatic rings. The highest BCUT2D eigenvalue weighted by molar-refractivity contribution is 5.83. The minimum atomic E-state index is -3.18. The molecule has 2 aliphatic heterocycles. The van der Waals surface area contributed by atoms with Gasteiger partial charge in [0.15, 0.2) is 0 Å². The van der Waals surface area contributed by atoms with Crippen LogP contribution in [0.1, 0.15) is 26.2 Å². The third-order valence-corrected chi connectivity index (χ3v) is 3.87. The van der Waals surface area contributed by atoms with E-state index in [4.69, 9.17) is 0 Å². The highest BCUT2D eigenvalue weighted by Gasteiger charge is 2.45. The molecular formula is C11H18F2N2O. The van der Waals surface area contributed by atoms with Gasteiger partial charge in [0.25, 0.3) is 5.91 Å². The van der Waals surface area contributed by atoms with E-state index in [1.54, 1.807) is 0 Å². The fraction of sp³-hybridized carbons (Fsp3) is 0.909. The van der Waals surface area contributed by atoms with Gasteiger partial charge in [-0.25, -0.2) is 0 Å². The molecule has 0 aromatic heterocycles. The van der Waals surface area contributed by atoms with Crippen LogP contribution in [-0.4, -0.2) is 42.9 Å². The zero-order valence-corrected chi connectivity index (χ0v) is 9.56. The third-order valence-electron chi connectivity index (χ3n) is 3.87. The van der Waals surface area contributed by atoms with Crippen LogP contribution in [-0.2, 0) is 4.79 Å². The zero-order valence-electron chi connectivity index (χ0n) is 9.56. The summed E-state index contributed by atoms with van der Waals surface area (Å²) in [5.74, 6) is -4.17. The first kappa shape index (κ1) is 11.8. The largest absolute Gasteiger partial charge is 0.337 e. The normalized spacial score (nSPS) is 24.3. The average Bonchev–Trinajstić information content (AvgIpc) is 2.26. The summed E-state index contributed by atoms with van der Waals surface area (Å²) in [6.07, 6.45) is 1.30. The Bertz CT molecular complexity index is 280. The summed E-state index contributed by atoms with van der Waals surface area (Å²) in [5, 5.41) is 3.21. The number of rotatable bonds is 2. The van der Waals surface area contributed by atoms with Crippen molar-refractivity contribution in [1.29, 1.82) is 0 Å². The molecule has 5 heteroatoms. The van der Waals surface area contributed by atoms with Crippen molar-refractivity contribution in [2.75, 3.05) is 26.2 Å². The molecule has 0 atom stereocenters. The highest BCUT2D eigenvalue weighted by Crippen LogP contribution is 2.36. The van der Waals surface area contributed by atoms with Gasteiger partial charge in [-0.1, -0.05) is 6.92 Å². The lowest BCUT2D eigenvalue weighted by Crippen LogP contribution is -2.60. The van der Waals surface area contributed by atoms with Gasteiger partial charge in [0, 0.05) is 32.6 Å². The molecule has 0 saturated carbocycles. The van der Waals surface area contributed by atoms with E-state index < -0.39 is 18.3 Å². The zero-order chi connectivity index (χ0) is 11.8. The quantitative estimate of drug-likeness (QED) is 0.777. The lowest BCUT2D eigenvalue weighted by Gasteiger charge is -2.48. The van der Waals surface area contributed by atoms with E-state index in [2.05, 4.69) is 5.32 Å². The monoisotopic (exact) mass is 232 g/mol. The Morgan fingerprint density at radius 3 is 2.31 bits per heavy atom. The topological polar surface area (TPSA) is 32.3 Å². The Hall–Kier alpha value is -0.710. The van der Waals surface area contributed by atoms with Crippen LogP contribution in [0.4, 0.5) is 8.78 Å². The number of amides is 1. The maximum Gasteiger partial charge on any atom is 0.324 e. The molecule has 92 valence electrons. The second-order valence-electron chi connectivity index (χ2n) is 4.95. The maximum atomic E-state index is 13.2. The first-order chi connectivity index (χ1) is 7.49. The molecule has 2 heterocycles. The second kappa shape index (κ2) is 3.95. The van der Waals surface area contributed by atoms with E-state index in [1.807, 2.05) is 0 Å². The van der Waals surface area contributed by atoms with Crippen molar-refractivity contribution in [2.24, 2.45) is 5.41 Å². The summed E-state index contributed by atoms with van der Waals surface area (Å²) in [5.41, 5.74) is 0.290. The van der Waals surface area contributed by atoms with Crippen LogP contribution in [0.3, 0.4) is 0 Å². The fourth-order valence-corrected chi connectivity index (χ4v) is 2.40. The summed E-state index contributed by atoms with van der Waals surface area (Å²) < 4.78 is 26.4. The minimum absolute atomic E-state index is 0.290. The van der Waals surface area contributed by atoms with Crippen LogP contribution in [0.15, 0.2) is 0 Å². The predicted molar refractivity (Wildman–Crippen MR) is 56.4 cm³/mol. The van der Waals surface area contributed by atoms with Crippen LogP contribution in [0.25, 0.3) is 0 Å². The van der Waals surface area contributed by atoms with Crippen LogP contribution in [0.5, 0.6) is 0 Å². The fourth-order valence-electron chi connectivity index (χ4n) is 2.40.